The van der Waals surface area contributed by atoms with Gasteiger partial charge in [-0.25, -0.2) is 8.42 Å². The molecule has 0 aliphatic heterocycles. The van der Waals surface area contributed by atoms with Gasteiger partial charge in [0.05, 0.1) is 11.4 Å². The third-order valence-electron chi connectivity index (χ3n) is 1.93. The number of hydrogen-bond acceptors (Lipinski definition) is 3. The summed E-state index contributed by atoms with van der Waals surface area (Å²) in [5.41, 5.74) is 0. The van der Waals surface area contributed by atoms with Crippen LogP contribution >= 0.6 is 0 Å². The Labute approximate surface area is 62.0 Å². The fourth-order valence-electron chi connectivity index (χ4n) is 0.956. The average molecular weight is 164 g/mol. The summed E-state index contributed by atoms with van der Waals surface area (Å²) in [7, 11) is -2.44. The van der Waals surface area contributed by atoms with Crippen molar-refractivity contribution in [3.05, 3.63) is 0 Å². The van der Waals surface area contributed by atoms with Gasteiger partial charge in [0.2, 0.25) is 0 Å². The van der Waals surface area contributed by atoms with E-state index in [9.17, 15) is 13.5 Å². The molecule has 0 aromatic rings. The van der Waals surface area contributed by atoms with Crippen molar-refractivity contribution in [1.29, 1.82) is 0 Å². The minimum absolute atomic E-state index is 0.253. The Morgan fingerprint density at radius 2 is 2.00 bits per heavy atom. The van der Waals surface area contributed by atoms with Crippen molar-refractivity contribution in [2.75, 3.05) is 0 Å². The van der Waals surface area contributed by atoms with E-state index in [0.717, 1.165) is 12.8 Å². The van der Waals surface area contributed by atoms with Crippen LogP contribution in [-0.4, -0.2) is 24.9 Å². The van der Waals surface area contributed by atoms with Gasteiger partial charge in [-0.2, -0.15) is 0 Å². The SMILES string of the molecule is C[C@@H]([C@H](O)C1CC1)[SH](=O)=O. The molecule has 0 spiro atoms. The maximum Gasteiger partial charge on any atom is 0.145 e. The molecule has 1 rings (SSSR count). The Hall–Kier alpha value is -0.0900. The third-order valence-corrected chi connectivity index (χ3v) is 2.90. The fraction of sp³-hybridized carbons (Fsp3) is 1.00. The molecule has 1 aliphatic rings. The van der Waals surface area contributed by atoms with Gasteiger partial charge in [0.25, 0.3) is 0 Å². The molecule has 1 N–H and O–H groups in total. The number of rotatable bonds is 3. The van der Waals surface area contributed by atoms with Gasteiger partial charge in [-0.3, -0.25) is 0 Å². The van der Waals surface area contributed by atoms with Gasteiger partial charge in [0.15, 0.2) is 0 Å². The van der Waals surface area contributed by atoms with Crippen molar-refractivity contribution >= 4 is 10.7 Å². The molecule has 0 amide bonds. The van der Waals surface area contributed by atoms with Crippen LogP contribution in [0.1, 0.15) is 19.8 Å². The van der Waals surface area contributed by atoms with E-state index >= 15 is 0 Å². The van der Waals surface area contributed by atoms with Crippen molar-refractivity contribution in [2.24, 2.45) is 5.92 Å². The molecule has 0 radical (unpaired) electrons. The normalized spacial score (nSPS) is 24.7. The van der Waals surface area contributed by atoms with Crippen LogP contribution < -0.4 is 0 Å². The van der Waals surface area contributed by atoms with Crippen LogP contribution in [0.4, 0.5) is 0 Å². The first-order valence-corrected chi connectivity index (χ1v) is 4.69. The van der Waals surface area contributed by atoms with Crippen molar-refractivity contribution in [3.8, 4) is 0 Å². The van der Waals surface area contributed by atoms with Crippen molar-refractivity contribution < 1.29 is 13.5 Å². The van der Waals surface area contributed by atoms with E-state index in [1.807, 2.05) is 0 Å². The fourth-order valence-corrected chi connectivity index (χ4v) is 1.45. The van der Waals surface area contributed by atoms with E-state index in [-0.39, 0.29) is 5.92 Å². The minimum atomic E-state index is -2.44. The van der Waals surface area contributed by atoms with Crippen LogP contribution in [0.25, 0.3) is 0 Å². The predicted molar refractivity (Wildman–Crippen MR) is 38.5 cm³/mol. The molecule has 0 aromatic heterocycles. The van der Waals surface area contributed by atoms with Crippen LogP contribution in [0.15, 0.2) is 0 Å². The Morgan fingerprint density at radius 1 is 1.50 bits per heavy atom. The zero-order valence-corrected chi connectivity index (χ0v) is 6.75. The molecule has 2 atom stereocenters. The van der Waals surface area contributed by atoms with Crippen molar-refractivity contribution in [3.63, 3.8) is 0 Å². The molecule has 0 bridgehead atoms. The van der Waals surface area contributed by atoms with Gasteiger partial charge in [0, 0.05) is 0 Å². The summed E-state index contributed by atoms with van der Waals surface area (Å²) in [6.45, 7) is 1.55. The van der Waals surface area contributed by atoms with E-state index < -0.39 is 22.1 Å². The summed E-state index contributed by atoms with van der Waals surface area (Å²) in [6, 6.07) is 0. The molecule has 3 nitrogen and oxygen atoms in total. The molecular weight excluding hydrogens is 152 g/mol. The Kier molecular flexibility index (Phi) is 2.31. The smallest absolute Gasteiger partial charge is 0.145 e. The van der Waals surface area contributed by atoms with Gasteiger partial charge in [-0.15, -0.1) is 0 Å². The van der Waals surface area contributed by atoms with E-state index in [1.54, 1.807) is 6.92 Å². The monoisotopic (exact) mass is 164 g/mol. The molecule has 1 saturated carbocycles. The predicted octanol–water partition coefficient (Wildman–Crippen LogP) is -0.243. The zero-order chi connectivity index (χ0) is 7.72. The largest absolute Gasteiger partial charge is 0.392 e. The van der Waals surface area contributed by atoms with Crippen LogP contribution in [0, 0.1) is 5.92 Å². The number of hydrogen-bond donors (Lipinski definition) is 2. The highest BCUT2D eigenvalue weighted by molar-refractivity contribution is 7.73. The van der Waals surface area contributed by atoms with Crippen LogP contribution in [-0.2, 0) is 10.7 Å². The topological polar surface area (TPSA) is 54.4 Å². The van der Waals surface area contributed by atoms with Crippen LogP contribution in [0.5, 0.6) is 0 Å². The van der Waals surface area contributed by atoms with Crippen LogP contribution in [0.2, 0.25) is 0 Å². The summed E-state index contributed by atoms with van der Waals surface area (Å²) >= 11 is 0. The highest BCUT2D eigenvalue weighted by Crippen LogP contribution is 2.34. The quantitative estimate of drug-likeness (QED) is 0.566. The summed E-state index contributed by atoms with van der Waals surface area (Å²) in [4.78, 5) is 0. The molecule has 0 unspecified atom stereocenters. The Bertz CT molecular complexity index is 175. The summed E-state index contributed by atoms with van der Waals surface area (Å²) in [5, 5.41) is 8.68. The first-order chi connectivity index (χ1) is 4.63. The number of aliphatic hydroxyl groups excluding tert-OH is 1. The van der Waals surface area contributed by atoms with Crippen molar-refractivity contribution in [1.82, 2.24) is 0 Å². The van der Waals surface area contributed by atoms with E-state index in [4.69, 9.17) is 0 Å². The molecule has 0 heterocycles. The number of aliphatic hydroxyl groups is 1. The van der Waals surface area contributed by atoms with E-state index in [0.29, 0.717) is 0 Å². The Morgan fingerprint density at radius 3 is 2.30 bits per heavy atom. The second kappa shape index (κ2) is 2.88. The Balaban J connectivity index is 2.45. The highest BCUT2D eigenvalue weighted by Gasteiger charge is 2.34. The van der Waals surface area contributed by atoms with Gasteiger partial charge in [-0.1, -0.05) is 0 Å². The summed E-state index contributed by atoms with van der Waals surface area (Å²) in [6.07, 6.45) is 1.34. The first kappa shape index (κ1) is 8.01. The zero-order valence-electron chi connectivity index (χ0n) is 5.86. The molecular formula is C6H12O3S. The van der Waals surface area contributed by atoms with Gasteiger partial charge < -0.3 is 5.11 Å². The molecule has 0 saturated heterocycles. The molecule has 1 fully saturated rings. The van der Waals surface area contributed by atoms with E-state index in [2.05, 4.69) is 0 Å². The maximum absolute atomic E-state index is 10.4. The van der Waals surface area contributed by atoms with Gasteiger partial charge in [-0.05, 0) is 25.7 Å². The molecule has 4 heteroatoms. The van der Waals surface area contributed by atoms with Crippen LogP contribution in [0.3, 0.4) is 0 Å². The summed E-state index contributed by atoms with van der Waals surface area (Å²) in [5.74, 6) is 0.253. The van der Waals surface area contributed by atoms with Gasteiger partial charge in [0.1, 0.15) is 10.7 Å². The van der Waals surface area contributed by atoms with Gasteiger partial charge >= 0.3 is 0 Å². The lowest BCUT2D eigenvalue weighted by Gasteiger charge is -2.10. The standard InChI is InChI=1S/C6H12O3S/c1-4(10(8)9)6(7)5-2-3-5/h4-7,10H,2-3H2,1H3/t4-,6-/m0/s1. The lowest BCUT2D eigenvalue weighted by molar-refractivity contribution is 0.150. The molecule has 10 heavy (non-hydrogen) atoms. The third kappa shape index (κ3) is 1.70. The minimum Gasteiger partial charge on any atom is -0.392 e. The van der Waals surface area contributed by atoms with Crippen molar-refractivity contribution in [2.45, 2.75) is 31.1 Å². The molecule has 60 valence electrons. The maximum atomic E-state index is 10.4. The second-order valence-corrected chi connectivity index (χ2v) is 4.24. The lowest BCUT2D eigenvalue weighted by atomic mass is 10.2. The summed E-state index contributed by atoms with van der Waals surface area (Å²) < 4.78 is 20.7. The first-order valence-electron chi connectivity index (χ1n) is 3.44. The number of thiol groups is 1. The second-order valence-electron chi connectivity index (χ2n) is 2.85. The molecule has 0 aromatic carbocycles. The van der Waals surface area contributed by atoms with E-state index in [1.165, 1.54) is 0 Å². The highest BCUT2D eigenvalue weighted by atomic mass is 32.2. The lowest BCUT2D eigenvalue weighted by Crippen LogP contribution is -2.26. The average Bonchev–Trinajstić information content (AvgIpc) is 2.65. The molecule has 1 aliphatic carbocycles.